The third-order valence-corrected chi connectivity index (χ3v) is 7.32. The Kier molecular flexibility index (Phi) is 11.9. The fourth-order valence-corrected chi connectivity index (χ4v) is 4.81. The number of hydrogen-bond acceptors (Lipinski definition) is 14. The van der Waals surface area contributed by atoms with Crippen molar-refractivity contribution in [2.75, 3.05) is 20.3 Å². The maximum Gasteiger partial charge on any atom is 0.331 e. The van der Waals surface area contributed by atoms with E-state index >= 15 is 0 Å². The van der Waals surface area contributed by atoms with Gasteiger partial charge < -0.3 is 64.2 Å². The molecule has 4 rings (SSSR count). The minimum Gasteiger partial charge on any atom is -0.508 e. The Bertz CT molecular complexity index is 1310. The molecule has 0 spiro atoms. The monoisotopic (exact) mass is 634 g/mol. The summed E-state index contributed by atoms with van der Waals surface area (Å²) in [6.07, 6.45) is -8.89. The van der Waals surface area contributed by atoms with Crippen LogP contribution in [0, 0.1) is 0 Å². The topological polar surface area (TPSA) is 214 Å². The van der Waals surface area contributed by atoms with Crippen molar-refractivity contribution in [3.05, 3.63) is 65.7 Å². The second-order valence-electron chi connectivity index (χ2n) is 10.5. The van der Waals surface area contributed by atoms with Crippen LogP contribution in [0.4, 0.5) is 0 Å². The maximum absolute atomic E-state index is 12.9. The Hall–Kier alpha value is -3.57. The predicted octanol–water partition coefficient (Wildman–Crippen LogP) is 0.0522. The molecule has 2 aromatic rings. The van der Waals surface area contributed by atoms with E-state index in [1.54, 1.807) is 24.3 Å². The number of rotatable bonds is 11. The van der Waals surface area contributed by atoms with Crippen molar-refractivity contribution in [2.24, 2.45) is 0 Å². The molecule has 2 fully saturated rings. The molecular formula is C31H38O14. The van der Waals surface area contributed by atoms with Gasteiger partial charge >= 0.3 is 5.97 Å². The molecule has 2 aromatic carbocycles. The van der Waals surface area contributed by atoms with Crippen molar-refractivity contribution in [2.45, 2.75) is 68.3 Å². The Morgan fingerprint density at radius 3 is 2.27 bits per heavy atom. The van der Waals surface area contributed by atoms with Crippen LogP contribution in [0.25, 0.3) is 12.2 Å². The third-order valence-electron chi connectivity index (χ3n) is 7.32. The summed E-state index contributed by atoms with van der Waals surface area (Å²) in [4.78, 5) is 12.9. The molecule has 2 saturated heterocycles. The van der Waals surface area contributed by atoms with Crippen molar-refractivity contribution in [1.82, 2.24) is 0 Å². The van der Waals surface area contributed by atoms with Crippen LogP contribution in [0.3, 0.4) is 0 Å². The lowest BCUT2D eigenvalue weighted by molar-refractivity contribution is -0.356. The van der Waals surface area contributed by atoms with Crippen LogP contribution >= 0.6 is 0 Å². The molecule has 0 aromatic heterocycles. The Balaban J connectivity index is 1.52. The van der Waals surface area contributed by atoms with E-state index < -0.39 is 74.0 Å². The number of ether oxygens (including phenoxy) is 6. The number of aliphatic hydroxyl groups excluding tert-OH is 5. The molecule has 0 saturated carbocycles. The van der Waals surface area contributed by atoms with E-state index in [1.807, 2.05) is 0 Å². The summed E-state index contributed by atoms with van der Waals surface area (Å²) in [5, 5.41) is 71.5. The molecule has 2 aliphatic heterocycles. The minimum atomic E-state index is -1.74. The summed E-state index contributed by atoms with van der Waals surface area (Å²) in [6.45, 7) is 0.680. The van der Waals surface area contributed by atoms with Gasteiger partial charge in [0.1, 0.15) is 42.4 Å². The van der Waals surface area contributed by atoms with Gasteiger partial charge in [-0.2, -0.15) is 0 Å². The number of carbonyl (C=O) groups excluding carboxylic acids is 1. The molecule has 14 heteroatoms. The highest BCUT2D eigenvalue weighted by Crippen LogP contribution is 2.32. The summed E-state index contributed by atoms with van der Waals surface area (Å²) < 4.78 is 33.4. The summed E-state index contributed by atoms with van der Waals surface area (Å²) >= 11 is 0. The zero-order valence-corrected chi connectivity index (χ0v) is 24.5. The highest BCUT2D eigenvalue weighted by atomic mass is 16.7. The summed E-state index contributed by atoms with van der Waals surface area (Å²) in [5.74, 6) is -0.722. The lowest BCUT2D eigenvalue weighted by Crippen LogP contribution is -2.65. The van der Waals surface area contributed by atoms with Gasteiger partial charge in [0.15, 0.2) is 30.2 Å². The number of carbonyl (C=O) groups is 1. The molecule has 10 atom stereocenters. The van der Waals surface area contributed by atoms with Gasteiger partial charge in [-0.1, -0.05) is 30.4 Å². The second kappa shape index (κ2) is 15.6. The molecule has 7 N–H and O–H groups in total. The van der Waals surface area contributed by atoms with Crippen molar-refractivity contribution in [1.29, 1.82) is 0 Å². The molecule has 0 bridgehead atoms. The van der Waals surface area contributed by atoms with Gasteiger partial charge in [0.2, 0.25) is 0 Å². The summed E-state index contributed by atoms with van der Waals surface area (Å²) in [6, 6.07) is 10.8. The van der Waals surface area contributed by atoms with Crippen molar-refractivity contribution >= 4 is 18.1 Å². The van der Waals surface area contributed by atoms with Crippen molar-refractivity contribution in [3.63, 3.8) is 0 Å². The largest absolute Gasteiger partial charge is 0.508 e. The van der Waals surface area contributed by atoms with Crippen LogP contribution in [0.1, 0.15) is 18.1 Å². The lowest BCUT2D eigenvalue weighted by Gasteiger charge is -2.46. The van der Waals surface area contributed by atoms with E-state index in [0.717, 1.165) is 11.6 Å². The van der Waals surface area contributed by atoms with E-state index in [0.29, 0.717) is 5.56 Å². The molecule has 2 heterocycles. The molecule has 0 radical (unpaired) electrons. The number of methoxy groups -OCH3 is 1. The van der Waals surface area contributed by atoms with Crippen LogP contribution < -0.4 is 4.74 Å². The van der Waals surface area contributed by atoms with E-state index in [9.17, 15) is 40.5 Å². The summed E-state index contributed by atoms with van der Waals surface area (Å²) in [5.41, 5.74) is 1.25. The van der Waals surface area contributed by atoms with Gasteiger partial charge in [-0.3, -0.25) is 0 Å². The fraction of sp³-hybridized carbons (Fsp3) is 0.452. The average Bonchev–Trinajstić information content (AvgIpc) is 3.03. The SMILES string of the molecule is COc1cc(C=CC(=O)OC2C(CO)OC(OCC=Cc3ccc(O)cc3)C(O)C2OC2OC(C)C(O)C(O)C2O)ccc1O. The van der Waals surface area contributed by atoms with Gasteiger partial charge in [0.05, 0.1) is 26.4 Å². The smallest absolute Gasteiger partial charge is 0.331 e. The second-order valence-corrected chi connectivity index (χ2v) is 10.5. The lowest BCUT2D eigenvalue weighted by atomic mass is 9.97. The van der Waals surface area contributed by atoms with Gasteiger partial charge in [0, 0.05) is 6.08 Å². The van der Waals surface area contributed by atoms with E-state index in [4.69, 9.17) is 28.4 Å². The van der Waals surface area contributed by atoms with Crippen LogP contribution in [0.5, 0.6) is 17.2 Å². The van der Waals surface area contributed by atoms with Crippen molar-refractivity contribution < 1.29 is 69.0 Å². The van der Waals surface area contributed by atoms with Gasteiger partial charge in [0.25, 0.3) is 0 Å². The standard InChI is InChI=1S/C31H38O14/c1-16-24(36)25(37)26(38)31(42-16)45-29-27(39)30(41-13-3-4-17-5-9-19(33)10-6-17)43-22(15-32)28(29)44-23(35)12-8-18-7-11-20(34)21(14-18)40-2/h3-12,14,16,22,24-34,36-39H,13,15H2,1-2H3. The van der Waals surface area contributed by atoms with Crippen LogP contribution in [0.15, 0.2) is 54.6 Å². The Morgan fingerprint density at radius 2 is 1.58 bits per heavy atom. The summed E-state index contributed by atoms with van der Waals surface area (Å²) in [7, 11) is 1.37. The predicted molar refractivity (Wildman–Crippen MR) is 156 cm³/mol. The Morgan fingerprint density at radius 1 is 0.867 bits per heavy atom. The molecule has 0 amide bonds. The molecular weight excluding hydrogens is 596 g/mol. The zero-order chi connectivity index (χ0) is 32.7. The van der Waals surface area contributed by atoms with Gasteiger partial charge in [-0.15, -0.1) is 0 Å². The van der Waals surface area contributed by atoms with Gasteiger partial charge in [-0.25, -0.2) is 4.79 Å². The normalized spacial score (nSPS) is 32.2. The molecule has 246 valence electrons. The first-order valence-corrected chi connectivity index (χ1v) is 14.1. The minimum absolute atomic E-state index is 0.0682. The fourth-order valence-electron chi connectivity index (χ4n) is 4.81. The average molecular weight is 635 g/mol. The van der Waals surface area contributed by atoms with E-state index in [1.165, 1.54) is 50.4 Å². The van der Waals surface area contributed by atoms with Crippen LogP contribution in [-0.4, -0.2) is 123 Å². The number of aliphatic hydroxyl groups is 5. The molecule has 0 aliphatic carbocycles. The Labute approximate surface area is 258 Å². The van der Waals surface area contributed by atoms with Crippen LogP contribution in [0.2, 0.25) is 0 Å². The highest BCUT2D eigenvalue weighted by molar-refractivity contribution is 5.87. The number of phenolic OH excluding ortho intramolecular Hbond substituents is 2. The first kappa shape index (κ1) is 34.3. The van der Waals surface area contributed by atoms with Gasteiger partial charge in [-0.05, 0) is 48.4 Å². The third kappa shape index (κ3) is 8.58. The number of phenols is 2. The molecule has 14 nitrogen and oxygen atoms in total. The number of aromatic hydroxyl groups is 2. The number of hydrogen-bond donors (Lipinski definition) is 7. The number of benzene rings is 2. The first-order chi connectivity index (χ1) is 21.5. The van der Waals surface area contributed by atoms with Crippen LogP contribution in [-0.2, 0) is 28.5 Å². The highest BCUT2D eigenvalue weighted by Gasteiger charge is 2.52. The molecule has 45 heavy (non-hydrogen) atoms. The quantitative estimate of drug-likeness (QED) is 0.129. The zero-order valence-electron chi connectivity index (χ0n) is 24.5. The first-order valence-electron chi connectivity index (χ1n) is 14.1. The number of esters is 1. The van der Waals surface area contributed by atoms with E-state index in [-0.39, 0.29) is 23.9 Å². The maximum atomic E-state index is 12.9. The van der Waals surface area contributed by atoms with Crippen molar-refractivity contribution in [3.8, 4) is 17.2 Å². The molecule has 2 aliphatic rings. The molecule has 10 unspecified atom stereocenters. The van der Waals surface area contributed by atoms with E-state index in [2.05, 4.69) is 0 Å².